The average Bonchev–Trinajstić information content (AvgIpc) is 3.19. The highest BCUT2D eigenvalue weighted by Gasteiger charge is 2.58. The van der Waals surface area contributed by atoms with Crippen molar-refractivity contribution in [3.8, 4) is 0 Å². The summed E-state index contributed by atoms with van der Waals surface area (Å²) in [6, 6.07) is 0. The number of rotatable bonds is 2. The second kappa shape index (κ2) is 5.35. The zero-order valence-electron chi connectivity index (χ0n) is 14.3. The topological polar surface area (TPSA) is 91.2 Å². The molecule has 24 heavy (non-hydrogen) atoms. The van der Waals surface area contributed by atoms with Gasteiger partial charge >= 0.3 is 0 Å². The van der Waals surface area contributed by atoms with Crippen LogP contribution in [0.2, 0.25) is 0 Å². The number of Topliss-reactive ketones (excluding diaryl/α,β-unsaturated/α-hetero) is 1. The van der Waals surface area contributed by atoms with E-state index in [4.69, 9.17) is 9.47 Å². The number of allylic oxidation sites excluding steroid dienone is 2. The number of nitrogens with one attached hydrogen (secondary N) is 1. The minimum Gasteiger partial charge on any atom is -0.347 e. The fourth-order valence-corrected chi connectivity index (χ4v) is 4.54. The standard InChI is InChI=1S/C16H23N5O3/c1-10-11-4-5-12(17-14-18-20-21(3)19-14)13(22)15(11,2)6-7-16(10)23-8-9-24-16/h5,10-11H,4,6-9H2,1-3H3,(H,17,19)/t10-,11-,15-/m1/s1. The Morgan fingerprint density at radius 3 is 2.75 bits per heavy atom. The van der Waals surface area contributed by atoms with Crippen LogP contribution in [0.1, 0.15) is 33.1 Å². The Morgan fingerprint density at radius 1 is 1.33 bits per heavy atom. The van der Waals surface area contributed by atoms with Gasteiger partial charge in [-0.2, -0.15) is 4.80 Å². The SMILES string of the molecule is C[C@@H]1[C@H]2CC=C(Nc3nnn(C)n3)C(=O)[C@]2(C)CCC12OCCO2. The smallest absolute Gasteiger partial charge is 0.267 e. The maximum Gasteiger partial charge on any atom is 0.267 e. The monoisotopic (exact) mass is 333 g/mol. The van der Waals surface area contributed by atoms with Gasteiger partial charge in [-0.3, -0.25) is 4.79 Å². The third-order valence-electron chi connectivity index (χ3n) is 5.98. The number of anilines is 1. The van der Waals surface area contributed by atoms with Gasteiger partial charge in [0, 0.05) is 17.8 Å². The van der Waals surface area contributed by atoms with Gasteiger partial charge in [-0.1, -0.05) is 25.0 Å². The molecule has 8 heteroatoms. The van der Waals surface area contributed by atoms with Crippen molar-refractivity contribution in [1.82, 2.24) is 20.2 Å². The minimum absolute atomic E-state index is 0.117. The predicted octanol–water partition coefficient (Wildman–Crippen LogP) is 1.27. The number of tetrazole rings is 1. The van der Waals surface area contributed by atoms with Crippen LogP contribution in [-0.2, 0) is 21.3 Å². The summed E-state index contributed by atoms with van der Waals surface area (Å²) in [6.45, 7) is 5.50. The lowest BCUT2D eigenvalue weighted by atomic mass is 9.55. The second-order valence-corrected chi connectivity index (χ2v) is 7.23. The molecule has 2 fully saturated rings. The van der Waals surface area contributed by atoms with Crippen LogP contribution < -0.4 is 5.32 Å². The van der Waals surface area contributed by atoms with E-state index in [0.29, 0.717) is 24.9 Å². The number of aromatic nitrogens is 4. The zero-order chi connectivity index (χ0) is 16.9. The Balaban J connectivity index is 1.60. The third kappa shape index (κ3) is 2.20. The number of ketones is 1. The third-order valence-corrected chi connectivity index (χ3v) is 5.98. The Labute approximate surface area is 140 Å². The van der Waals surface area contributed by atoms with Crippen molar-refractivity contribution < 1.29 is 14.3 Å². The van der Waals surface area contributed by atoms with Crippen LogP contribution >= 0.6 is 0 Å². The van der Waals surface area contributed by atoms with Gasteiger partial charge in [0.2, 0.25) is 0 Å². The van der Waals surface area contributed by atoms with Crippen LogP contribution in [0.3, 0.4) is 0 Å². The number of nitrogens with zero attached hydrogens (tertiary/aromatic N) is 4. The summed E-state index contributed by atoms with van der Waals surface area (Å²) in [5, 5.41) is 14.8. The zero-order valence-corrected chi connectivity index (χ0v) is 14.3. The molecule has 1 aromatic rings. The highest BCUT2D eigenvalue weighted by atomic mass is 16.7. The van der Waals surface area contributed by atoms with E-state index < -0.39 is 11.2 Å². The van der Waals surface area contributed by atoms with Gasteiger partial charge in [0.25, 0.3) is 5.95 Å². The van der Waals surface area contributed by atoms with E-state index in [1.165, 1.54) is 4.80 Å². The first kappa shape index (κ1) is 15.7. The Kier molecular flexibility index (Phi) is 3.50. The number of fused-ring (bicyclic) bond motifs is 1. The van der Waals surface area contributed by atoms with Crippen molar-refractivity contribution in [2.75, 3.05) is 18.5 Å². The summed E-state index contributed by atoms with van der Waals surface area (Å²) in [5.41, 5.74) is 0.150. The van der Waals surface area contributed by atoms with Gasteiger partial charge in [0.15, 0.2) is 11.6 Å². The van der Waals surface area contributed by atoms with Gasteiger partial charge in [-0.15, -0.1) is 5.10 Å². The van der Waals surface area contributed by atoms with E-state index in [9.17, 15) is 4.79 Å². The number of hydrogen-bond acceptors (Lipinski definition) is 7. The maximum atomic E-state index is 13.1. The van der Waals surface area contributed by atoms with Gasteiger partial charge < -0.3 is 14.8 Å². The summed E-state index contributed by atoms with van der Waals surface area (Å²) >= 11 is 0. The normalized spacial score (nSPS) is 35.0. The van der Waals surface area contributed by atoms with E-state index in [2.05, 4.69) is 34.6 Å². The molecule has 0 aromatic carbocycles. The van der Waals surface area contributed by atoms with E-state index >= 15 is 0 Å². The molecule has 1 saturated carbocycles. The predicted molar refractivity (Wildman–Crippen MR) is 84.8 cm³/mol. The van der Waals surface area contributed by atoms with Crippen molar-refractivity contribution in [2.24, 2.45) is 24.3 Å². The molecule has 3 aliphatic rings. The van der Waals surface area contributed by atoms with Gasteiger partial charge in [-0.25, -0.2) is 0 Å². The molecule has 0 amide bonds. The molecule has 0 unspecified atom stereocenters. The highest BCUT2D eigenvalue weighted by molar-refractivity contribution is 6.02. The molecule has 2 aliphatic carbocycles. The van der Waals surface area contributed by atoms with Crippen molar-refractivity contribution >= 4 is 11.7 Å². The number of carbonyl (C=O) groups is 1. The molecule has 1 aromatic heterocycles. The van der Waals surface area contributed by atoms with E-state index in [1.807, 2.05) is 6.08 Å². The van der Waals surface area contributed by atoms with Crippen LogP contribution in [0.5, 0.6) is 0 Å². The number of ether oxygens (including phenoxy) is 2. The molecule has 2 heterocycles. The number of aryl methyl sites for hydroxylation is 1. The highest BCUT2D eigenvalue weighted by Crippen LogP contribution is 2.55. The Morgan fingerprint density at radius 2 is 2.08 bits per heavy atom. The Bertz CT molecular complexity index is 694. The molecule has 130 valence electrons. The summed E-state index contributed by atoms with van der Waals surface area (Å²) in [5.74, 6) is 0.343. The molecule has 1 aliphatic heterocycles. The lowest BCUT2D eigenvalue weighted by Gasteiger charge is -2.52. The fraction of sp³-hybridized carbons (Fsp3) is 0.750. The molecule has 8 nitrogen and oxygen atoms in total. The molecule has 4 rings (SSSR count). The lowest BCUT2D eigenvalue weighted by Crippen LogP contribution is -2.56. The van der Waals surface area contributed by atoms with Gasteiger partial charge in [-0.05, 0) is 24.0 Å². The molecular formula is C16H23N5O3. The van der Waals surface area contributed by atoms with Crippen molar-refractivity contribution in [3.63, 3.8) is 0 Å². The van der Waals surface area contributed by atoms with E-state index in [1.54, 1.807) is 7.05 Å². The summed E-state index contributed by atoms with van der Waals surface area (Å²) in [4.78, 5) is 14.5. The largest absolute Gasteiger partial charge is 0.347 e. The van der Waals surface area contributed by atoms with Crippen molar-refractivity contribution in [2.45, 2.75) is 38.9 Å². The molecular weight excluding hydrogens is 310 g/mol. The van der Waals surface area contributed by atoms with Gasteiger partial charge in [0.1, 0.15) is 0 Å². The first-order valence-corrected chi connectivity index (χ1v) is 8.48. The average molecular weight is 333 g/mol. The van der Waals surface area contributed by atoms with Crippen molar-refractivity contribution in [3.05, 3.63) is 11.8 Å². The van der Waals surface area contributed by atoms with Crippen molar-refractivity contribution in [1.29, 1.82) is 0 Å². The number of hydrogen-bond donors (Lipinski definition) is 1. The van der Waals surface area contributed by atoms with E-state index in [-0.39, 0.29) is 17.6 Å². The van der Waals surface area contributed by atoms with Gasteiger partial charge in [0.05, 0.1) is 26.0 Å². The molecule has 1 N–H and O–H groups in total. The first-order valence-electron chi connectivity index (χ1n) is 8.48. The number of carbonyl (C=O) groups excluding carboxylic acids is 1. The van der Waals surface area contributed by atoms with E-state index in [0.717, 1.165) is 19.3 Å². The second-order valence-electron chi connectivity index (χ2n) is 7.23. The molecule has 3 atom stereocenters. The summed E-state index contributed by atoms with van der Waals surface area (Å²) < 4.78 is 11.9. The maximum absolute atomic E-state index is 13.1. The molecule has 1 spiro atoms. The first-order chi connectivity index (χ1) is 11.4. The van der Waals surface area contributed by atoms with Crippen LogP contribution in [0.15, 0.2) is 11.8 Å². The minimum atomic E-state index is -0.504. The fourth-order valence-electron chi connectivity index (χ4n) is 4.54. The van der Waals surface area contributed by atoms with Crippen LogP contribution in [0.25, 0.3) is 0 Å². The van der Waals surface area contributed by atoms with Crippen LogP contribution in [-0.4, -0.2) is 45.0 Å². The lowest BCUT2D eigenvalue weighted by molar-refractivity contribution is -0.239. The summed E-state index contributed by atoms with van der Waals surface area (Å²) in [7, 11) is 1.69. The molecule has 0 bridgehead atoms. The molecule has 1 saturated heterocycles. The van der Waals surface area contributed by atoms with Crippen LogP contribution in [0.4, 0.5) is 5.95 Å². The summed E-state index contributed by atoms with van der Waals surface area (Å²) in [6.07, 6.45) is 4.27. The Hall–Kier alpha value is -1.80. The quantitative estimate of drug-likeness (QED) is 0.871. The molecule has 0 radical (unpaired) electrons. The van der Waals surface area contributed by atoms with Crippen LogP contribution in [0, 0.1) is 17.3 Å².